The molecule has 0 saturated carbocycles. The molecule has 0 bridgehead atoms. The Labute approximate surface area is 120 Å². The van der Waals surface area contributed by atoms with Gasteiger partial charge in [-0.15, -0.1) is 11.8 Å². The molecule has 5 heteroatoms. The first kappa shape index (κ1) is 12.9. The summed E-state index contributed by atoms with van der Waals surface area (Å²) in [6, 6.07) is 11.0. The normalized spacial score (nSPS) is 12.4. The van der Waals surface area contributed by atoms with E-state index >= 15 is 0 Å². The molecule has 0 unspecified atom stereocenters. The summed E-state index contributed by atoms with van der Waals surface area (Å²) >= 11 is 1.42. The predicted molar refractivity (Wildman–Crippen MR) is 76.7 cm³/mol. The fourth-order valence-corrected chi connectivity index (χ4v) is 2.74. The Morgan fingerprint density at radius 1 is 1.10 bits per heavy atom. The summed E-state index contributed by atoms with van der Waals surface area (Å²) in [5.41, 5.74) is 2.25. The Hall–Kier alpha value is -2.14. The van der Waals surface area contributed by atoms with Crippen molar-refractivity contribution in [2.24, 2.45) is 0 Å². The number of carbonyl (C=O) groups is 1. The molecule has 0 fully saturated rings. The predicted octanol–water partition coefficient (Wildman–Crippen LogP) is 3.50. The Bertz CT molecular complexity index is 682. The summed E-state index contributed by atoms with van der Waals surface area (Å²) in [5, 5.41) is 9.14. The van der Waals surface area contributed by atoms with Gasteiger partial charge < -0.3 is 14.6 Å². The van der Waals surface area contributed by atoms with Gasteiger partial charge in [0.1, 0.15) is 0 Å². The maximum atomic E-state index is 11.1. The molecule has 0 atom stereocenters. The first-order valence-electron chi connectivity index (χ1n) is 6.00. The van der Waals surface area contributed by atoms with E-state index < -0.39 is 5.97 Å². The molecule has 1 N–H and O–H groups in total. The van der Waals surface area contributed by atoms with Crippen LogP contribution in [0.3, 0.4) is 0 Å². The largest absolute Gasteiger partial charge is 0.478 e. The van der Waals surface area contributed by atoms with Crippen LogP contribution >= 0.6 is 11.8 Å². The molecule has 102 valence electrons. The highest BCUT2D eigenvalue weighted by atomic mass is 32.2. The van der Waals surface area contributed by atoms with Gasteiger partial charge in [0.25, 0.3) is 0 Å². The molecule has 4 nitrogen and oxygen atoms in total. The molecule has 0 spiro atoms. The van der Waals surface area contributed by atoms with Gasteiger partial charge >= 0.3 is 5.97 Å². The molecule has 1 heterocycles. The van der Waals surface area contributed by atoms with Crippen LogP contribution in [0.25, 0.3) is 11.1 Å². The van der Waals surface area contributed by atoms with E-state index in [2.05, 4.69) is 0 Å². The van der Waals surface area contributed by atoms with Crippen LogP contribution in [0.1, 0.15) is 10.4 Å². The van der Waals surface area contributed by atoms with Gasteiger partial charge in [0.2, 0.25) is 6.79 Å². The molecule has 0 radical (unpaired) electrons. The summed E-state index contributed by atoms with van der Waals surface area (Å²) < 4.78 is 10.6. The average molecular weight is 288 g/mol. The molecule has 0 saturated heterocycles. The molecule has 1 aliphatic heterocycles. The van der Waals surface area contributed by atoms with E-state index in [-0.39, 0.29) is 6.79 Å². The van der Waals surface area contributed by atoms with Crippen molar-refractivity contribution < 1.29 is 19.4 Å². The van der Waals surface area contributed by atoms with Crippen LogP contribution in [0.4, 0.5) is 0 Å². The second kappa shape index (κ2) is 5.09. The number of ether oxygens (including phenoxy) is 2. The van der Waals surface area contributed by atoms with Crippen LogP contribution in [0.5, 0.6) is 11.5 Å². The molecule has 2 aromatic rings. The van der Waals surface area contributed by atoms with E-state index in [4.69, 9.17) is 14.6 Å². The van der Waals surface area contributed by atoms with Crippen molar-refractivity contribution in [3.8, 4) is 22.6 Å². The lowest BCUT2D eigenvalue weighted by atomic mass is 10.0. The van der Waals surface area contributed by atoms with Crippen LogP contribution in [-0.2, 0) is 0 Å². The highest BCUT2D eigenvalue weighted by molar-refractivity contribution is 7.98. The molecule has 0 aliphatic carbocycles. The zero-order valence-corrected chi connectivity index (χ0v) is 11.6. The van der Waals surface area contributed by atoms with E-state index in [1.54, 1.807) is 12.1 Å². The number of carboxylic acids is 1. The summed E-state index contributed by atoms with van der Waals surface area (Å²) in [6.45, 7) is 0.243. The van der Waals surface area contributed by atoms with Gasteiger partial charge in [-0.25, -0.2) is 4.79 Å². The number of rotatable bonds is 3. The van der Waals surface area contributed by atoms with Gasteiger partial charge in [-0.2, -0.15) is 0 Å². The zero-order valence-electron chi connectivity index (χ0n) is 10.8. The van der Waals surface area contributed by atoms with Crippen molar-refractivity contribution in [3.05, 3.63) is 42.0 Å². The molecule has 1 aliphatic rings. The number of aromatic carboxylic acids is 1. The van der Waals surface area contributed by atoms with Crippen LogP contribution in [0, 0.1) is 0 Å². The fraction of sp³-hybridized carbons (Fsp3) is 0.133. The van der Waals surface area contributed by atoms with Crippen molar-refractivity contribution >= 4 is 17.7 Å². The molecular formula is C15H12O4S. The Morgan fingerprint density at radius 3 is 2.55 bits per heavy atom. The van der Waals surface area contributed by atoms with E-state index in [0.717, 1.165) is 27.5 Å². The number of hydrogen-bond acceptors (Lipinski definition) is 4. The highest BCUT2D eigenvalue weighted by Gasteiger charge is 2.15. The zero-order chi connectivity index (χ0) is 14.1. The maximum absolute atomic E-state index is 11.1. The minimum Gasteiger partial charge on any atom is -0.478 e. The van der Waals surface area contributed by atoms with E-state index in [9.17, 15) is 4.79 Å². The van der Waals surface area contributed by atoms with Gasteiger partial charge in [0, 0.05) is 4.90 Å². The third-order valence-electron chi connectivity index (χ3n) is 3.14. The standard InChI is InChI=1S/C15H12O4S/c1-20-14-7-10(2-4-11(14)15(16)17)9-3-5-12-13(6-9)19-8-18-12/h2-7H,8H2,1H3,(H,16,17). The summed E-state index contributed by atoms with van der Waals surface area (Å²) in [7, 11) is 0. The SMILES string of the molecule is CSc1cc(-c2ccc3c(c2)OCO3)ccc1C(=O)O. The van der Waals surface area contributed by atoms with Crippen LogP contribution < -0.4 is 9.47 Å². The van der Waals surface area contributed by atoms with E-state index in [1.165, 1.54) is 11.8 Å². The monoisotopic (exact) mass is 288 g/mol. The fourth-order valence-electron chi connectivity index (χ4n) is 2.12. The second-order valence-corrected chi connectivity index (χ2v) is 5.14. The molecule has 20 heavy (non-hydrogen) atoms. The quantitative estimate of drug-likeness (QED) is 0.876. The number of carboxylic acid groups (broad SMARTS) is 1. The van der Waals surface area contributed by atoms with Crippen molar-refractivity contribution in [1.29, 1.82) is 0 Å². The smallest absolute Gasteiger partial charge is 0.336 e. The van der Waals surface area contributed by atoms with Crippen molar-refractivity contribution in [3.63, 3.8) is 0 Å². The lowest BCUT2D eigenvalue weighted by Crippen LogP contribution is -1.98. The van der Waals surface area contributed by atoms with E-state index in [1.807, 2.05) is 30.5 Å². The Balaban J connectivity index is 2.04. The average Bonchev–Trinajstić information content (AvgIpc) is 2.93. The topological polar surface area (TPSA) is 55.8 Å². The van der Waals surface area contributed by atoms with Gasteiger partial charge in [0.05, 0.1) is 5.56 Å². The number of benzene rings is 2. The van der Waals surface area contributed by atoms with Gasteiger partial charge in [-0.3, -0.25) is 0 Å². The van der Waals surface area contributed by atoms with Gasteiger partial charge in [0.15, 0.2) is 11.5 Å². The number of thioether (sulfide) groups is 1. The molecule has 3 rings (SSSR count). The van der Waals surface area contributed by atoms with Crippen LogP contribution in [0.2, 0.25) is 0 Å². The Kier molecular flexibility index (Phi) is 3.28. The van der Waals surface area contributed by atoms with Crippen LogP contribution in [0.15, 0.2) is 41.3 Å². The first-order valence-corrected chi connectivity index (χ1v) is 7.23. The summed E-state index contributed by atoms with van der Waals surface area (Å²) in [6.07, 6.45) is 1.87. The molecule has 0 amide bonds. The minimum atomic E-state index is -0.911. The van der Waals surface area contributed by atoms with Crippen molar-refractivity contribution in [2.75, 3.05) is 13.0 Å². The highest BCUT2D eigenvalue weighted by Crippen LogP contribution is 2.37. The van der Waals surface area contributed by atoms with Crippen molar-refractivity contribution in [1.82, 2.24) is 0 Å². The number of hydrogen-bond donors (Lipinski definition) is 1. The van der Waals surface area contributed by atoms with Crippen molar-refractivity contribution in [2.45, 2.75) is 4.90 Å². The van der Waals surface area contributed by atoms with Gasteiger partial charge in [-0.05, 0) is 41.6 Å². The van der Waals surface area contributed by atoms with Gasteiger partial charge in [-0.1, -0.05) is 12.1 Å². The molecule has 0 aromatic heterocycles. The van der Waals surface area contributed by atoms with Crippen LogP contribution in [-0.4, -0.2) is 24.1 Å². The molecular weight excluding hydrogens is 276 g/mol. The molecule has 2 aromatic carbocycles. The lowest BCUT2D eigenvalue weighted by molar-refractivity contribution is 0.0693. The third kappa shape index (κ3) is 2.20. The Morgan fingerprint density at radius 2 is 1.80 bits per heavy atom. The number of fused-ring (bicyclic) bond motifs is 1. The second-order valence-electron chi connectivity index (χ2n) is 4.29. The van der Waals surface area contributed by atoms with E-state index in [0.29, 0.717) is 5.56 Å². The first-order chi connectivity index (χ1) is 9.69. The lowest BCUT2D eigenvalue weighted by Gasteiger charge is -2.08. The summed E-state index contributed by atoms with van der Waals surface area (Å²) in [5.74, 6) is 0.545. The minimum absolute atomic E-state index is 0.243. The maximum Gasteiger partial charge on any atom is 0.336 e. The summed E-state index contributed by atoms with van der Waals surface area (Å²) in [4.78, 5) is 11.9. The third-order valence-corrected chi connectivity index (χ3v) is 3.92.